The van der Waals surface area contributed by atoms with Crippen LogP contribution in [0.5, 0.6) is 5.75 Å². The third-order valence-electron chi connectivity index (χ3n) is 6.11. The van der Waals surface area contributed by atoms with E-state index in [1.54, 1.807) is 39.8 Å². The van der Waals surface area contributed by atoms with Crippen molar-refractivity contribution in [3.05, 3.63) is 29.3 Å². The maximum atomic E-state index is 14.0. The normalized spacial score (nSPS) is 12.8. The lowest BCUT2D eigenvalue weighted by molar-refractivity contribution is -0.143. The molecule has 0 aliphatic carbocycles. The van der Waals surface area contributed by atoms with Crippen molar-refractivity contribution in [3.8, 4) is 5.75 Å². The Morgan fingerprint density at radius 3 is 2.23 bits per heavy atom. The molecule has 0 fully saturated rings. The van der Waals surface area contributed by atoms with Crippen molar-refractivity contribution in [1.82, 2.24) is 15.5 Å². The summed E-state index contributed by atoms with van der Waals surface area (Å²) >= 11 is 0. The van der Waals surface area contributed by atoms with Gasteiger partial charge in [0.05, 0.1) is 6.42 Å². The van der Waals surface area contributed by atoms with Gasteiger partial charge in [-0.25, -0.2) is 4.79 Å². The molecule has 4 amide bonds. The lowest BCUT2D eigenvalue weighted by atomic mass is 9.99. The monoisotopic (exact) mass is 548 g/mol. The van der Waals surface area contributed by atoms with Crippen LogP contribution in [0.2, 0.25) is 0 Å². The van der Waals surface area contributed by atoms with Crippen LogP contribution in [0.1, 0.15) is 103 Å². The zero-order chi connectivity index (χ0) is 29.6. The van der Waals surface area contributed by atoms with Crippen molar-refractivity contribution in [2.45, 2.75) is 111 Å². The van der Waals surface area contributed by atoms with Gasteiger partial charge in [-0.15, -0.1) is 0 Å². The predicted molar refractivity (Wildman–Crippen MR) is 151 cm³/mol. The fraction of sp³-hybridized carbons (Fsp3) is 0.655. The smallest absolute Gasteiger partial charge is 0.408 e. The highest BCUT2D eigenvalue weighted by atomic mass is 16.6. The van der Waals surface area contributed by atoms with E-state index >= 15 is 0 Å². The van der Waals surface area contributed by atoms with Crippen molar-refractivity contribution in [1.29, 1.82) is 0 Å². The standard InChI is InChI=1S/C29H48N4O6/c1-7-9-11-13-17-33(27(37)22(19-24(30)35)32-28(38)39-29(4,5)6)25(26(36)31-16-12-10-8-2)21-14-15-23(34)20(3)18-21/h14-15,18,22,25,34H,7-13,16-17,19H2,1-6H3,(H2,30,35)(H,31,36)(H,32,38). The van der Waals surface area contributed by atoms with Crippen molar-refractivity contribution in [3.63, 3.8) is 0 Å². The third-order valence-corrected chi connectivity index (χ3v) is 6.11. The van der Waals surface area contributed by atoms with E-state index in [0.717, 1.165) is 38.5 Å². The number of ether oxygens (including phenoxy) is 1. The predicted octanol–water partition coefficient (Wildman–Crippen LogP) is 4.23. The molecule has 5 N–H and O–H groups in total. The largest absolute Gasteiger partial charge is 0.508 e. The summed E-state index contributed by atoms with van der Waals surface area (Å²) in [5, 5.41) is 15.5. The summed E-state index contributed by atoms with van der Waals surface area (Å²) < 4.78 is 5.31. The number of hydrogen-bond donors (Lipinski definition) is 4. The molecule has 0 aliphatic rings. The molecule has 1 rings (SSSR count). The first kappa shape index (κ1) is 33.7. The molecule has 0 saturated heterocycles. The molecular weight excluding hydrogens is 500 g/mol. The van der Waals surface area contributed by atoms with E-state index in [-0.39, 0.29) is 18.2 Å². The number of hydrogen-bond acceptors (Lipinski definition) is 6. The number of aryl methyl sites for hydroxylation is 1. The first-order valence-electron chi connectivity index (χ1n) is 14.0. The number of benzene rings is 1. The minimum atomic E-state index is -1.32. The number of carbonyl (C=O) groups is 4. The van der Waals surface area contributed by atoms with E-state index in [4.69, 9.17) is 10.5 Å². The van der Waals surface area contributed by atoms with Crippen LogP contribution in [0.25, 0.3) is 0 Å². The second kappa shape index (κ2) is 16.6. The van der Waals surface area contributed by atoms with E-state index in [1.807, 2.05) is 0 Å². The van der Waals surface area contributed by atoms with Gasteiger partial charge in [0.2, 0.25) is 17.7 Å². The second-order valence-corrected chi connectivity index (χ2v) is 10.9. The summed E-state index contributed by atoms with van der Waals surface area (Å²) in [7, 11) is 0. The highest BCUT2D eigenvalue weighted by Crippen LogP contribution is 2.28. The van der Waals surface area contributed by atoms with Gasteiger partial charge in [-0.2, -0.15) is 0 Å². The molecule has 0 heterocycles. The Balaban J connectivity index is 3.49. The zero-order valence-electron chi connectivity index (χ0n) is 24.5. The lowest BCUT2D eigenvalue weighted by Gasteiger charge is -2.34. The fourth-order valence-electron chi connectivity index (χ4n) is 4.13. The number of carbonyl (C=O) groups excluding carboxylic acids is 4. The van der Waals surface area contributed by atoms with Crippen LogP contribution in [0.15, 0.2) is 18.2 Å². The minimum absolute atomic E-state index is 0.0693. The molecule has 10 nitrogen and oxygen atoms in total. The fourth-order valence-corrected chi connectivity index (χ4v) is 4.13. The number of amides is 4. The Morgan fingerprint density at radius 2 is 1.67 bits per heavy atom. The lowest BCUT2D eigenvalue weighted by Crippen LogP contribution is -2.54. The first-order chi connectivity index (χ1) is 18.3. The maximum absolute atomic E-state index is 14.0. The molecule has 0 aliphatic heterocycles. The minimum Gasteiger partial charge on any atom is -0.508 e. The molecule has 2 unspecified atom stereocenters. The number of phenolic OH excluding ortho intramolecular Hbond substituents is 1. The van der Waals surface area contributed by atoms with Gasteiger partial charge in [-0.3, -0.25) is 14.4 Å². The Kier molecular flexibility index (Phi) is 14.4. The number of unbranched alkanes of at least 4 members (excludes halogenated alkanes) is 5. The van der Waals surface area contributed by atoms with Crippen LogP contribution in [0, 0.1) is 6.92 Å². The van der Waals surface area contributed by atoms with Gasteiger partial charge in [0.15, 0.2) is 0 Å². The number of nitrogens with zero attached hydrogens (tertiary/aromatic N) is 1. The number of phenols is 1. The summed E-state index contributed by atoms with van der Waals surface area (Å²) in [6, 6.07) is 2.40. The third kappa shape index (κ3) is 12.4. The Hall–Kier alpha value is -3.30. The van der Waals surface area contributed by atoms with Gasteiger partial charge in [-0.05, 0) is 63.8 Å². The van der Waals surface area contributed by atoms with Gasteiger partial charge in [0, 0.05) is 13.1 Å². The van der Waals surface area contributed by atoms with E-state index < -0.39 is 42.0 Å². The Morgan fingerprint density at radius 1 is 1.03 bits per heavy atom. The molecule has 0 spiro atoms. The molecule has 0 bridgehead atoms. The van der Waals surface area contributed by atoms with Gasteiger partial charge in [-0.1, -0.05) is 52.0 Å². The molecule has 0 radical (unpaired) electrons. The summed E-state index contributed by atoms with van der Waals surface area (Å²) in [4.78, 5) is 53.5. The molecule has 1 aromatic carbocycles. The van der Waals surface area contributed by atoms with Gasteiger partial charge < -0.3 is 31.1 Å². The highest BCUT2D eigenvalue weighted by molar-refractivity contribution is 5.94. The van der Waals surface area contributed by atoms with Crippen LogP contribution >= 0.6 is 0 Å². The number of primary amides is 1. The molecule has 0 saturated carbocycles. The topological polar surface area (TPSA) is 151 Å². The van der Waals surface area contributed by atoms with Gasteiger partial charge in [0.25, 0.3) is 0 Å². The summed E-state index contributed by atoms with van der Waals surface area (Å²) in [5.41, 5.74) is 5.68. The average Bonchev–Trinajstić information content (AvgIpc) is 2.83. The summed E-state index contributed by atoms with van der Waals surface area (Å²) in [5.74, 6) is -1.71. The molecule has 1 aromatic rings. The second-order valence-electron chi connectivity index (χ2n) is 10.9. The SMILES string of the molecule is CCCCCCN(C(=O)C(CC(N)=O)NC(=O)OC(C)(C)C)C(C(=O)NCCCCC)c1ccc(O)c(C)c1. The van der Waals surface area contributed by atoms with E-state index in [2.05, 4.69) is 24.5 Å². The van der Waals surface area contributed by atoms with Crippen LogP contribution in [0.3, 0.4) is 0 Å². The van der Waals surface area contributed by atoms with Gasteiger partial charge in [0.1, 0.15) is 23.4 Å². The molecule has 39 heavy (non-hydrogen) atoms. The van der Waals surface area contributed by atoms with E-state index in [1.165, 1.54) is 11.0 Å². The molecule has 10 heteroatoms. The number of nitrogens with two attached hydrogens (primary N) is 1. The van der Waals surface area contributed by atoms with Gasteiger partial charge >= 0.3 is 6.09 Å². The van der Waals surface area contributed by atoms with Crippen molar-refractivity contribution in [2.24, 2.45) is 5.73 Å². The molecule has 220 valence electrons. The molecule has 2 atom stereocenters. The summed E-state index contributed by atoms with van der Waals surface area (Å²) in [6.45, 7) is 11.6. The highest BCUT2D eigenvalue weighted by Gasteiger charge is 2.36. The molecular formula is C29H48N4O6. The van der Waals surface area contributed by atoms with Crippen LogP contribution in [-0.2, 0) is 19.1 Å². The van der Waals surface area contributed by atoms with Crippen LogP contribution < -0.4 is 16.4 Å². The Labute approximate surface area is 233 Å². The quantitative estimate of drug-likeness (QED) is 0.227. The number of alkyl carbamates (subject to hydrolysis) is 1. The van der Waals surface area contributed by atoms with Crippen LogP contribution in [0.4, 0.5) is 4.79 Å². The van der Waals surface area contributed by atoms with Crippen molar-refractivity contribution < 1.29 is 29.0 Å². The maximum Gasteiger partial charge on any atom is 0.408 e. The average molecular weight is 549 g/mol. The van der Waals surface area contributed by atoms with Crippen molar-refractivity contribution in [2.75, 3.05) is 13.1 Å². The Bertz CT molecular complexity index is 960. The van der Waals surface area contributed by atoms with E-state index in [0.29, 0.717) is 24.1 Å². The number of rotatable bonds is 16. The first-order valence-corrected chi connectivity index (χ1v) is 14.0. The van der Waals surface area contributed by atoms with E-state index in [9.17, 15) is 24.3 Å². The number of aromatic hydroxyl groups is 1. The zero-order valence-corrected chi connectivity index (χ0v) is 24.5. The van der Waals surface area contributed by atoms with Crippen molar-refractivity contribution >= 4 is 23.8 Å². The van der Waals surface area contributed by atoms with Crippen LogP contribution in [-0.4, -0.2) is 58.6 Å². The molecule has 0 aromatic heterocycles. The summed E-state index contributed by atoms with van der Waals surface area (Å²) in [6.07, 6.45) is 4.79. The number of nitrogens with one attached hydrogen (secondary N) is 2.